The van der Waals surface area contributed by atoms with Crippen molar-refractivity contribution in [2.75, 3.05) is 46.9 Å². The molecule has 4 heteroatoms. The van der Waals surface area contributed by atoms with Crippen LogP contribution in [0.2, 0.25) is 0 Å². The van der Waals surface area contributed by atoms with Crippen LogP contribution in [0.4, 0.5) is 0 Å². The maximum absolute atomic E-state index is 8.77. The molecule has 1 atom stereocenters. The summed E-state index contributed by atoms with van der Waals surface area (Å²) in [7, 11) is 4.18. The molecular weight excluding hydrogens is 190 g/mol. The van der Waals surface area contributed by atoms with Gasteiger partial charge in [0, 0.05) is 19.2 Å². The highest BCUT2D eigenvalue weighted by molar-refractivity contribution is 4.67. The maximum Gasteiger partial charge on any atom is 0.0446 e. The summed E-state index contributed by atoms with van der Waals surface area (Å²) < 4.78 is 0. The van der Waals surface area contributed by atoms with Crippen LogP contribution in [-0.2, 0) is 0 Å². The van der Waals surface area contributed by atoms with Crippen molar-refractivity contribution in [2.24, 2.45) is 5.73 Å². The Labute approximate surface area is 94.0 Å². The highest BCUT2D eigenvalue weighted by atomic mass is 16.3. The maximum atomic E-state index is 8.77. The van der Waals surface area contributed by atoms with Crippen LogP contribution in [0.1, 0.15) is 19.8 Å². The smallest absolute Gasteiger partial charge is 0.0446 e. The second-order valence-electron chi connectivity index (χ2n) is 4.32. The van der Waals surface area contributed by atoms with Crippen molar-refractivity contribution < 1.29 is 5.11 Å². The molecule has 15 heavy (non-hydrogen) atoms. The molecule has 0 fully saturated rings. The molecule has 0 heterocycles. The number of nitrogens with two attached hydrogens (primary N) is 1. The first kappa shape index (κ1) is 14.8. The van der Waals surface area contributed by atoms with E-state index in [2.05, 4.69) is 30.8 Å². The SMILES string of the molecule is CCN(CCCN(C)C)CC(N)CCO. The number of rotatable bonds is 9. The molecule has 0 spiro atoms. The molecule has 0 saturated heterocycles. The molecule has 0 bridgehead atoms. The van der Waals surface area contributed by atoms with Gasteiger partial charge >= 0.3 is 0 Å². The Hall–Kier alpha value is -0.160. The van der Waals surface area contributed by atoms with Crippen LogP contribution >= 0.6 is 0 Å². The van der Waals surface area contributed by atoms with Gasteiger partial charge in [-0.2, -0.15) is 0 Å². The van der Waals surface area contributed by atoms with Gasteiger partial charge in [-0.25, -0.2) is 0 Å². The van der Waals surface area contributed by atoms with E-state index < -0.39 is 0 Å². The molecule has 0 aromatic rings. The summed E-state index contributed by atoms with van der Waals surface area (Å²) >= 11 is 0. The minimum atomic E-state index is 0.106. The van der Waals surface area contributed by atoms with Gasteiger partial charge in [-0.3, -0.25) is 0 Å². The Kier molecular flexibility index (Phi) is 9.00. The Bertz CT molecular complexity index is 142. The lowest BCUT2D eigenvalue weighted by molar-refractivity contribution is 0.223. The van der Waals surface area contributed by atoms with E-state index in [-0.39, 0.29) is 12.6 Å². The summed E-state index contributed by atoms with van der Waals surface area (Å²) in [6, 6.07) is 0.106. The van der Waals surface area contributed by atoms with Gasteiger partial charge in [0.2, 0.25) is 0 Å². The van der Waals surface area contributed by atoms with E-state index in [1.165, 1.54) is 6.42 Å². The van der Waals surface area contributed by atoms with E-state index in [0.29, 0.717) is 6.42 Å². The first-order valence-electron chi connectivity index (χ1n) is 5.83. The van der Waals surface area contributed by atoms with Crippen molar-refractivity contribution in [3.05, 3.63) is 0 Å². The lowest BCUT2D eigenvalue weighted by Crippen LogP contribution is -2.39. The third kappa shape index (κ3) is 8.81. The number of hydrogen-bond acceptors (Lipinski definition) is 4. The van der Waals surface area contributed by atoms with Gasteiger partial charge < -0.3 is 20.6 Å². The third-order valence-electron chi connectivity index (χ3n) is 2.52. The number of aliphatic hydroxyl groups is 1. The summed E-state index contributed by atoms with van der Waals surface area (Å²) in [6.07, 6.45) is 1.87. The first-order valence-corrected chi connectivity index (χ1v) is 5.83. The molecule has 0 radical (unpaired) electrons. The minimum Gasteiger partial charge on any atom is -0.396 e. The number of hydrogen-bond donors (Lipinski definition) is 2. The van der Waals surface area contributed by atoms with Crippen LogP contribution in [0.25, 0.3) is 0 Å². The summed E-state index contributed by atoms with van der Waals surface area (Å²) in [5.41, 5.74) is 5.88. The van der Waals surface area contributed by atoms with Crippen molar-refractivity contribution in [3.8, 4) is 0 Å². The fourth-order valence-corrected chi connectivity index (χ4v) is 1.58. The standard InChI is InChI=1S/C11H27N3O/c1-4-14(8-5-7-13(2)3)10-11(12)6-9-15/h11,15H,4-10,12H2,1-3H3. The van der Waals surface area contributed by atoms with Crippen LogP contribution in [0.5, 0.6) is 0 Å². The van der Waals surface area contributed by atoms with Gasteiger partial charge in [-0.05, 0) is 46.6 Å². The van der Waals surface area contributed by atoms with Crippen LogP contribution < -0.4 is 5.73 Å². The van der Waals surface area contributed by atoms with Gasteiger partial charge in [0.25, 0.3) is 0 Å². The Morgan fingerprint density at radius 3 is 2.40 bits per heavy atom. The molecule has 0 rings (SSSR count). The molecule has 0 aromatic carbocycles. The molecule has 4 nitrogen and oxygen atoms in total. The fraction of sp³-hybridized carbons (Fsp3) is 1.00. The average molecular weight is 217 g/mol. The topological polar surface area (TPSA) is 52.7 Å². The molecule has 0 aliphatic carbocycles. The van der Waals surface area contributed by atoms with Crippen LogP contribution in [0.3, 0.4) is 0 Å². The summed E-state index contributed by atoms with van der Waals surface area (Å²) in [5.74, 6) is 0. The normalized spacial score (nSPS) is 13.8. The zero-order chi connectivity index (χ0) is 11.7. The Morgan fingerprint density at radius 2 is 1.93 bits per heavy atom. The monoisotopic (exact) mass is 217 g/mol. The molecule has 0 aliphatic heterocycles. The van der Waals surface area contributed by atoms with E-state index in [9.17, 15) is 0 Å². The number of likely N-dealkylation sites (N-methyl/N-ethyl adjacent to an activating group) is 1. The minimum absolute atomic E-state index is 0.106. The Balaban J connectivity index is 3.62. The molecule has 92 valence electrons. The summed E-state index contributed by atoms with van der Waals surface area (Å²) in [5, 5.41) is 8.77. The second-order valence-corrected chi connectivity index (χ2v) is 4.32. The largest absolute Gasteiger partial charge is 0.396 e. The summed E-state index contributed by atoms with van der Waals surface area (Å²) in [4.78, 5) is 4.55. The fourth-order valence-electron chi connectivity index (χ4n) is 1.58. The van der Waals surface area contributed by atoms with Gasteiger partial charge in [-0.1, -0.05) is 6.92 Å². The van der Waals surface area contributed by atoms with Gasteiger partial charge in [-0.15, -0.1) is 0 Å². The van der Waals surface area contributed by atoms with E-state index in [1.54, 1.807) is 0 Å². The van der Waals surface area contributed by atoms with Crippen molar-refractivity contribution in [3.63, 3.8) is 0 Å². The second kappa shape index (κ2) is 9.09. The van der Waals surface area contributed by atoms with E-state index >= 15 is 0 Å². The van der Waals surface area contributed by atoms with E-state index in [4.69, 9.17) is 10.8 Å². The van der Waals surface area contributed by atoms with Crippen molar-refractivity contribution in [1.29, 1.82) is 0 Å². The van der Waals surface area contributed by atoms with Gasteiger partial charge in [0.05, 0.1) is 0 Å². The van der Waals surface area contributed by atoms with E-state index in [0.717, 1.165) is 26.2 Å². The lowest BCUT2D eigenvalue weighted by atomic mass is 10.2. The van der Waals surface area contributed by atoms with Gasteiger partial charge in [0.1, 0.15) is 0 Å². The number of aliphatic hydroxyl groups excluding tert-OH is 1. The zero-order valence-corrected chi connectivity index (χ0v) is 10.4. The van der Waals surface area contributed by atoms with Gasteiger partial charge in [0.15, 0.2) is 0 Å². The predicted molar refractivity (Wildman–Crippen MR) is 65.0 cm³/mol. The molecule has 3 N–H and O–H groups in total. The molecule has 0 aliphatic rings. The first-order chi connectivity index (χ1) is 7.10. The molecule has 0 saturated carbocycles. The van der Waals surface area contributed by atoms with Crippen molar-refractivity contribution in [1.82, 2.24) is 9.80 Å². The van der Waals surface area contributed by atoms with Crippen molar-refractivity contribution >= 4 is 0 Å². The molecule has 0 aromatic heterocycles. The predicted octanol–water partition coefficient (Wildman–Crippen LogP) is -0.0303. The molecular formula is C11H27N3O. The quantitative estimate of drug-likeness (QED) is 0.569. The number of nitrogens with zero attached hydrogens (tertiary/aromatic N) is 2. The highest BCUT2D eigenvalue weighted by Crippen LogP contribution is 1.96. The zero-order valence-electron chi connectivity index (χ0n) is 10.4. The third-order valence-corrected chi connectivity index (χ3v) is 2.52. The average Bonchev–Trinajstić information content (AvgIpc) is 2.16. The van der Waals surface area contributed by atoms with Crippen LogP contribution in [0, 0.1) is 0 Å². The van der Waals surface area contributed by atoms with Crippen LogP contribution in [-0.4, -0.2) is 67.8 Å². The summed E-state index contributed by atoms with van der Waals surface area (Å²) in [6.45, 7) is 6.48. The highest BCUT2D eigenvalue weighted by Gasteiger charge is 2.08. The van der Waals surface area contributed by atoms with Crippen molar-refractivity contribution in [2.45, 2.75) is 25.8 Å². The lowest BCUT2D eigenvalue weighted by Gasteiger charge is -2.24. The molecule has 1 unspecified atom stereocenters. The van der Waals surface area contributed by atoms with Crippen LogP contribution in [0.15, 0.2) is 0 Å². The molecule has 0 amide bonds. The van der Waals surface area contributed by atoms with E-state index in [1.807, 2.05) is 0 Å². The Morgan fingerprint density at radius 1 is 1.27 bits per heavy atom.